The number of carbonyl (C=O) groups is 1. The molecule has 8 heteroatoms. The first-order valence-corrected chi connectivity index (χ1v) is 9.99. The number of para-hydroxylation sites is 1. The van der Waals surface area contributed by atoms with Crippen LogP contribution in [0.15, 0.2) is 61.1 Å². The number of thiocarbonyl (C=S) groups is 1. The molecule has 0 saturated carbocycles. The molecule has 29 heavy (non-hydrogen) atoms. The fraction of sp³-hybridized carbons (Fsp3) is 0.238. The molecule has 2 heterocycles. The summed E-state index contributed by atoms with van der Waals surface area (Å²) in [4.78, 5) is 17.0. The summed E-state index contributed by atoms with van der Waals surface area (Å²) in [5.74, 6) is -0.330. The molecule has 0 aliphatic carbocycles. The van der Waals surface area contributed by atoms with Crippen molar-refractivity contribution in [3.05, 3.63) is 66.6 Å². The third-order valence-corrected chi connectivity index (χ3v) is 4.52. The third kappa shape index (κ3) is 5.61. The lowest BCUT2D eigenvalue weighted by molar-refractivity contribution is 0.0944. The lowest BCUT2D eigenvalue weighted by Crippen LogP contribution is -2.47. The van der Waals surface area contributed by atoms with Crippen molar-refractivity contribution < 1.29 is 4.79 Å². The number of benzene rings is 1. The quantitative estimate of drug-likeness (QED) is 0.316. The van der Waals surface area contributed by atoms with Gasteiger partial charge < -0.3 is 5.32 Å². The number of pyridine rings is 1. The number of amides is 1. The van der Waals surface area contributed by atoms with Gasteiger partial charge in [-0.05, 0) is 42.9 Å². The number of hydrogen-bond acceptors (Lipinski definition) is 4. The molecule has 0 fully saturated rings. The van der Waals surface area contributed by atoms with Crippen molar-refractivity contribution in [3.8, 4) is 16.9 Å². The minimum atomic E-state index is -0.330. The Balaban J connectivity index is 1.75. The average molecular weight is 409 g/mol. The number of nitrogens with zero attached hydrogens (tertiary/aromatic N) is 3. The molecule has 0 saturated heterocycles. The number of aromatic nitrogens is 3. The van der Waals surface area contributed by atoms with E-state index < -0.39 is 0 Å². The molecule has 150 valence electrons. The van der Waals surface area contributed by atoms with Gasteiger partial charge in [-0.1, -0.05) is 38.0 Å². The number of nitrogens with one attached hydrogen (secondary N) is 3. The highest BCUT2D eigenvalue weighted by molar-refractivity contribution is 7.80. The zero-order valence-corrected chi connectivity index (χ0v) is 17.1. The minimum absolute atomic E-state index is 0.330. The van der Waals surface area contributed by atoms with Gasteiger partial charge in [-0.2, -0.15) is 5.10 Å². The van der Waals surface area contributed by atoms with E-state index in [1.54, 1.807) is 23.3 Å². The Kier molecular flexibility index (Phi) is 7.29. The van der Waals surface area contributed by atoms with Crippen molar-refractivity contribution in [3.63, 3.8) is 0 Å². The van der Waals surface area contributed by atoms with Crippen LogP contribution in [0.2, 0.25) is 0 Å². The fourth-order valence-electron chi connectivity index (χ4n) is 2.77. The molecule has 0 bridgehead atoms. The van der Waals surface area contributed by atoms with Crippen LogP contribution in [-0.4, -0.2) is 32.3 Å². The molecule has 2 aromatic heterocycles. The Morgan fingerprint density at radius 2 is 1.93 bits per heavy atom. The number of rotatable bonds is 7. The summed E-state index contributed by atoms with van der Waals surface area (Å²) >= 11 is 5.21. The predicted octanol–water partition coefficient (Wildman–Crippen LogP) is 3.23. The maximum Gasteiger partial charge on any atom is 0.273 e. The largest absolute Gasteiger partial charge is 0.361 e. The van der Waals surface area contributed by atoms with Crippen molar-refractivity contribution in [2.24, 2.45) is 0 Å². The van der Waals surface area contributed by atoms with Gasteiger partial charge in [0.1, 0.15) is 5.69 Å². The van der Waals surface area contributed by atoms with Crippen molar-refractivity contribution in [1.29, 1.82) is 0 Å². The molecule has 0 atom stereocenters. The van der Waals surface area contributed by atoms with E-state index in [-0.39, 0.29) is 5.91 Å². The second-order valence-corrected chi connectivity index (χ2v) is 6.86. The van der Waals surface area contributed by atoms with Gasteiger partial charge in [0, 0.05) is 30.7 Å². The summed E-state index contributed by atoms with van der Waals surface area (Å²) < 4.78 is 1.68. The molecule has 0 aliphatic heterocycles. The lowest BCUT2D eigenvalue weighted by atomic mass is 10.1. The van der Waals surface area contributed by atoms with Gasteiger partial charge in [0.25, 0.3) is 5.91 Å². The second-order valence-electron chi connectivity index (χ2n) is 6.46. The van der Waals surface area contributed by atoms with Crippen LogP contribution in [0.25, 0.3) is 16.9 Å². The van der Waals surface area contributed by atoms with Crippen molar-refractivity contribution in [2.45, 2.75) is 26.2 Å². The highest BCUT2D eigenvalue weighted by Gasteiger charge is 2.19. The molecule has 0 radical (unpaired) electrons. The molecule has 0 unspecified atom stereocenters. The van der Waals surface area contributed by atoms with Crippen LogP contribution in [0.4, 0.5) is 0 Å². The van der Waals surface area contributed by atoms with Crippen molar-refractivity contribution in [2.75, 3.05) is 6.54 Å². The zero-order valence-electron chi connectivity index (χ0n) is 16.3. The van der Waals surface area contributed by atoms with Gasteiger partial charge in [-0.3, -0.25) is 20.6 Å². The maximum atomic E-state index is 12.8. The molecular weight excluding hydrogens is 384 g/mol. The summed E-state index contributed by atoms with van der Waals surface area (Å²) in [6.45, 7) is 2.91. The van der Waals surface area contributed by atoms with Gasteiger partial charge in [-0.15, -0.1) is 0 Å². The first-order chi connectivity index (χ1) is 14.2. The molecule has 1 aromatic carbocycles. The molecule has 0 spiro atoms. The van der Waals surface area contributed by atoms with Gasteiger partial charge in [0.05, 0.1) is 11.3 Å². The van der Waals surface area contributed by atoms with E-state index in [4.69, 9.17) is 12.2 Å². The maximum absolute atomic E-state index is 12.8. The van der Waals surface area contributed by atoms with E-state index in [0.717, 1.165) is 37.1 Å². The summed E-state index contributed by atoms with van der Waals surface area (Å²) in [7, 11) is 0. The Hall–Kier alpha value is -3.26. The first-order valence-electron chi connectivity index (χ1n) is 9.58. The monoisotopic (exact) mass is 408 g/mol. The van der Waals surface area contributed by atoms with Gasteiger partial charge in [0.2, 0.25) is 0 Å². The SMILES string of the molecule is CCCCCNC(=S)NNC(=O)c1cn(-c2ccccc2)nc1-c1cccnc1. The molecule has 3 rings (SSSR count). The van der Waals surface area contributed by atoms with Crippen molar-refractivity contribution in [1.82, 2.24) is 30.9 Å². The van der Waals surface area contributed by atoms with Crippen LogP contribution >= 0.6 is 12.2 Å². The summed E-state index contributed by atoms with van der Waals surface area (Å²) in [5, 5.41) is 8.07. The predicted molar refractivity (Wildman–Crippen MR) is 118 cm³/mol. The molecule has 1 amide bonds. The minimum Gasteiger partial charge on any atom is -0.361 e. The van der Waals surface area contributed by atoms with Gasteiger partial charge in [0.15, 0.2) is 5.11 Å². The van der Waals surface area contributed by atoms with Gasteiger partial charge >= 0.3 is 0 Å². The van der Waals surface area contributed by atoms with Crippen molar-refractivity contribution >= 4 is 23.2 Å². The van der Waals surface area contributed by atoms with E-state index in [0.29, 0.717) is 16.4 Å². The van der Waals surface area contributed by atoms with E-state index >= 15 is 0 Å². The van der Waals surface area contributed by atoms with E-state index in [9.17, 15) is 4.79 Å². The summed E-state index contributed by atoms with van der Waals surface area (Å²) in [6.07, 6.45) is 8.37. The third-order valence-electron chi connectivity index (χ3n) is 4.27. The Bertz CT molecular complexity index is 942. The van der Waals surface area contributed by atoms with Gasteiger partial charge in [-0.25, -0.2) is 4.68 Å². The normalized spacial score (nSPS) is 10.4. The highest BCUT2D eigenvalue weighted by Crippen LogP contribution is 2.22. The van der Waals surface area contributed by atoms with Crippen LogP contribution in [0, 0.1) is 0 Å². The average Bonchev–Trinajstić information content (AvgIpc) is 3.22. The Labute approximate surface area is 175 Å². The molecule has 7 nitrogen and oxygen atoms in total. The Morgan fingerprint density at radius 3 is 2.66 bits per heavy atom. The number of unbranched alkanes of at least 4 members (excludes halogenated alkanes) is 2. The fourth-order valence-corrected chi connectivity index (χ4v) is 2.92. The topological polar surface area (TPSA) is 83.9 Å². The number of hydrazine groups is 1. The van der Waals surface area contributed by atoms with Crippen LogP contribution in [-0.2, 0) is 0 Å². The summed E-state index contributed by atoms with van der Waals surface area (Å²) in [5.41, 5.74) is 7.98. The Morgan fingerprint density at radius 1 is 1.10 bits per heavy atom. The zero-order chi connectivity index (χ0) is 20.5. The number of carbonyl (C=O) groups excluding carboxylic acids is 1. The molecule has 0 aliphatic rings. The second kappa shape index (κ2) is 10.3. The van der Waals surface area contributed by atoms with E-state index in [1.165, 1.54) is 0 Å². The molecule has 3 N–H and O–H groups in total. The van der Waals surface area contributed by atoms with E-state index in [1.807, 2.05) is 42.5 Å². The smallest absolute Gasteiger partial charge is 0.273 e. The molecular formula is C21H24N6OS. The molecule has 3 aromatic rings. The van der Waals surface area contributed by atoms with E-state index in [2.05, 4.69) is 33.2 Å². The highest BCUT2D eigenvalue weighted by atomic mass is 32.1. The number of hydrogen-bond donors (Lipinski definition) is 3. The lowest BCUT2D eigenvalue weighted by Gasteiger charge is -2.11. The van der Waals surface area contributed by atoms with Crippen LogP contribution in [0.1, 0.15) is 36.5 Å². The van der Waals surface area contributed by atoms with Crippen LogP contribution in [0.3, 0.4) is 0 Å². The van der Waals surface area contributed by atoms with Crippen LogP contribution < -0.4 is 16.2 Å². The standard InChI is InChI=1S/C21H24N6OS/c1-2-3-7-13-23-21(29)25-24-20(28)18-15-27(17-10-5-4-6-11-17)26-19(18)16-9-8-12-22-14-16/h4-6,8-12,14-15H,2-3,7,13H2,1H3,(H,24,28)(H2,23,25,29). The first kappa shape index (κ1) is 20.5. The summed E-state index contributed by atoms with van der Waals surface area (Å²) in [6, 6.07) is 13.3. The van der Waals surface area contributed by atoms with Crippen LogP contribution in [0.5, 0.6) is 0 Å².